The number of nitrogens with zero attached hydrogens (tertiary/aromatic N) is 2. The maximum Gasteiger partial charge on any atom is 0.309 e. The van der Waals surface area contributed by atoms with Gasteiger partial charge in [-0.1, -0.05) is 6.07 Å². The number of carbonyl (C=O) groups excluding carboxylic acids is 2. The molecule has 1 aromatic rings. The van der Waals surface area contributed by atoms with Crippen LogP contribution in [0.1, 0.15) is 39.0 Å². The van der Waals surface area contributed by atoms with E-state index in [2.05, 4.69) is 0 Å². The molecule has 0 bridgehead atoms. The summed E-state index contributed by atoms with van der Waals surface area (Å²) < 4.78 is 32.2. The van der Waals surface area contributed by atoms with Gasteiger partial charge in [0.25, 0.3) is 15.9 Å². The van der Waals surface area contributed by atoms with Crippen molar-refractivity contribution in [1.29, 1.82) is 0 Å². The molecule has 3 rings (SSSR count). The van der Waals surface area contributed by atoms with Gasteiger partial charge in [0, 0.05) is 26.2 Å². The van der Waals surface area contributed by atoms with Crippen molar-refractivity contribution in [1.82, 2.24) is 9.21 Å². The minimum atomic E-state index is -3.48. The summed E-state index contributed by atoms with van der Waals surface area (Å²) >= 11 is 1.19. The molecule has 2 saturated heterocycles. The average molecular weight is 415 g/mol. The molecule has 0 unspecified atom stereocenters. The maximum atomic E-state index is 12.5. The Hall–Kier alpha value is -1.45. The first-order valence-corrected chi connectivity index (χ1v) is 11.7. The Morgan fingerprint density at radius 2 is 1.81 bits per heavy atom. The lowest BCUT2D eigenvalue weighted by Crippen LogP contribution is -2.44. The fourth-order valence-corrected chi connectivity index (χ4v) is 6.18. The molecule has 3 heterocycles. The molecule has 0 radical (unpaired) electrons. The van der Waals surface area contributed by atoms with E-state index in [1.807, 2.05) is 0 Å². The number of likely N-dealkylation sites (tertiary alicyclic amines) is 1. The fraction of sp³-hybridized carbons (Fsp3) is 0.667. The molecule has 0 N–H and O–H groups in total. The van der Waals surface area contributed by atoms with Crippen LogP contribution < -0.4 is 0 Å². The molecule has 0 saturated carbocycles. The van der Waals surface area contributed by atoms with E-state index in [1.54, 1.807) is 29.3 Å². The quantitative estimate of drug-likeness (QED) is 0.689. The summed E-state index contributed by atoms with van der Waals surface area (Å²) in [5.41, 5.74) is 0. The molecule has 0 aliphatic carbocycles. The predicted octanol–water partition coefficient (Wildman–Crippen LogP) is 2.09. The molecular formula is C18H26N2O5S2. The summed E-state index contributed by atoms with van der Waals surface area (Å²) in [6, 6.07) is 3.30. The molecule has 0 aromatic carbocycles. The second-order valence-electron chi connectivity index (χ2n) is 7.08. The Morgan fingerprint density at radius 3 is 2.41 bits per heavy atom. The standard InChI is InChI=1S/C18H26N2O5S2/c1-14(17(21)19-9-3-2-4-10-19)25-18(22)15-7-11-20(12-8-15)27(23,24)16-6-5-13-26-16/h5-6,13-15H,2-4,7-12H2,1H3/t14-/m0/s1. The highest BCUT2D eigenvalue weighted by Crippen LogP contribution is 2.27. The van der Waals surface area contributed by atoms with Crippen LogP contribution in [0, 0.1) is 5.92 Å². The van der Waals surface area contributed by atoms with Crippen LogP contribution in [0.25, 0.3) is 0 Å². The molecule has 2 fully saturated rings. The van der Waals surface area contributed by atoms with E-state index in [0.29, 0.717) is 17.1 Å². The maximum absolute atomic E-state index is 12.5. The van der Waals surface area contributed by atoms with Crippen LogP contribution in [0.5, 0.6) is 0 Å². The summed E-state index contributed by atoms with van der Waals surface area (Å²) in [5, 5.41) is 1.73. The molecule has 1 amide bonds. The summed E-state index contributed by atoms with van der Waals surface area (Å²) in [4.78, 5) is 26.6. The van der Waals surface area contributed by atoms with Crippen molar-refractivity contribution in [2.45, 2.75) is 49.3 Å². The molecule has 7 nitrogen and oxygen atoms in total. The first kappa shape index (κ1) is 20.3. The number of hydrogen-bond acceptors (Lipinski definition) is 6. The number of sulfonamides is 1. The summed E-state index contributed by atoms with van der Waals surface area (Å²) in [6.45, 7) is 3.63. The van der Waals surface area contributed by atoms with Crippen LogP contribution in [0.3, 0.4) is 0 Å². The van der Waals surface area contributed by atoms with Gasteiger partial charge in [-0.05, 0) is 50.5 Å². The number of rotatable bonds is 5. The van der Waals surface area contributed by atoms with Gasteiger partial charge in [0.05, 0.1) is 5.92 Å². The van der Waals surface area contributed by atoms with E-state index in [-0.39, 0.29) is 24.9 Å². The molecule has 1 aromatic heterocycles. The Kier molecular flexibility index (Phi) is 6.54. The monoisotopic (exact) mass is 414 g/mol. The summed E-state index contributed by atoms with van der Waals surface area (Å²) in [6.07, 6.45) is 3.14. The van der Waals surface area contributed by atoms with Crippen molar-refractivity contribution in [3.05, 3.63) is 17.5 Å². The number of hydrogen-bond donors (Lipinski definition) is 0. The molecule has 150 valence electrons. The molecule has 9 heteroatoms. The van der Waals surface area contributed by atoms with Gasteiger partial charge in [-0.3, -0.25) is 9.59 Å². The number of piperidine rings is 2. The van der Waals surface area contributed by atoms with E-state index < -0.39 is 22.1 Å². The van der Waals surface area contributed by atoms with Gasteiger partial charge in [0.2, 0.25) is 0 Å². The van der Waals surface area contributed by atoms with Gasteiger partial charge in [-0.15, -0.1) is 11.3 Å². The highest BCUT2D eigenvalue weighted by atomic mass is 32.2. The van der Waals surface area contributed by atoms with Crippen molar-refractivity contribution in [2.75, 3.05) is 26.2 Å². The minimum Gasteiger partial charge on any atom is -0.452 e. The highest BCUT2D eigenvalue weighted by molar-refractivity contribution is 7.91. The van der Waals surface area contributed by atoms with Crippen LogP contribution in [-0.4, -0.2) is 61.8 Å². The Morgan fingerprint density at radius 1 is 1.15 bits per heavy atom. The van der Waals surface area contributed by atoms with Gasteiger partial charge in [-0.2, -0.15) is 4.31 Å². The lowest BCUT2D eigenvalue weighted by Gasteiger charge is -2.31. The summed E-state index contributed by atoms with van der Waals surface area (Å²) in [7, 11) is -3.48. The lowest BCUT2D eigenvalue weighted by atomic mass is 9.98. The topological polar surface area (TPSA) is 84.0 Å². The third-order valence-corrected chi connectivity index (χ3v) is 8.46. The largest absolute Gasteiger partial charge is 0.452 e. The van der Waals surface area contributed by atoms with Crippen molar-refractivity contribution in [3.8, 4) is 0 Å². The van der Waals surface area contributed by atoms with E-state index in [4.69, 9.17) is 4.74 Å². The second-order valence-corrected chi connectivity index (χ2v) is 10.2. The smallest absolute Gasteiger partial charge is 0.309 e. The first-order valence-electron chi connectivity index (χ1n) is 9.42. The van der Waals surface area contributed by atoms with Gasteiger partial charge in [0.15, 0.2) is 6.10 Å². The zero-order valence-corrected chi connectivity index (χ0v) is 17.1. The normalized spacial score (nSPS) is 21.0. The SMILES string of the molecule is C[C@H](OC(=O)C1CCN(S(=O)(=O)c2cccs2)CC1)C(=O)N1CCCCC1. The number of esters is 1. The predicted molar refractivity (Wildman–Crippen MR) is 102 cm³/mol. The highest BCUT2D eigenvalue weighted by Gasteiger charge is 2.34. The van der Waals surface area contributed by atoms with E-state index in [9.17, 15) is 18.0 Å². The van der Waals surface area contributed by atoms with Gasteiger partial charge in [0.1, 0.15) is 4.21 Å². The van der Waals surface area contributed by atoms with Gasteiger partial charge < -0.3 is 9.64 Å². The van der Waals surface area contributed by atoms with E-state index in [0.717, 1.165) is 32.4 Å². The van der Waals surface area contributed by atoms with Crippen molar-refractivity contribution in [3.63, 3.8) is 0 Å². The van der Waals surface area contributed by atoms with Crippen molar-refractivity contribution in [2.24, 2.45) is 5.92 Å². The zero-order valence-electron chi connectivity index (χ0n) is 15.5. The molecule has 2 aliphatic heterocycles. The zero-order chi connectivity index (χ0) is 19.4. The third-order valence-electron chi connectivity index (χ3n) is 5.18. The molecule has 1 atom stereocenters. The lowest BCUT2D eigenvalue weighted by molar-refractivity contribution is -0.163. The van der Waals surface area contributed by atoms with Crippen LogP contribution in [0.15, 0.2) is 21.7 Å². The van der Waals surface area contributed by atoms with Gasteiger partial charge >= 0.3 is 5.97 Å². The number of ether oxygens (including phenoxy) is 1. The van der Waals surface area contributed by atoms with Crippen LogP contribution in [-0.2, 0) is 24.3 Å². The molecule has 2 aliphatic rings. The van der Waals surface area contributed by atoms with E-state index >= 15 is 0 Å². The van der Waals surface area contributed by atoms with Gasteiger partial charge in [-0.25, -0.2) is 8.42 Å². The second kappa shape index (κ2) is 8.70. The Labute approximate surface area is 164 Å². The third kappa shape index (κ3) is 4.70. The number of amides is 1. The number of carbonyl (C=O) groups is 2. The molecule has 27 heavy (non-hydrogen) atoms. The van der Waals surface area contributed by atoms with Crippen molar-refractivity contribution < 1.29 is 22.7 Å². The Balaban J connectivity index is 1.50. The Bertz CT molecular complexity index is 749. The first-order chi connectivity index (χ1) is 12.9. The van der Waals surface area contributed by atoms with Crippen LogP contribution >= 0.6 is 11.3 Å². The number of thiophene rings is 1. The molecular weight excluding hydrogens is 388 g/mol. The average Bonchev–Trinajstić information content (AvgIpc) is 3.24. The van der Waals surface area contributed by atoms with Crippen molar-refractivity contribution >= 4 is 33.2 Å². The summed E-state index contributed by atoms with van der Waals surface area (Å²) in [5.74, 6) is -0.904. The van der Waals surface area contributed by atoms with Crippen LogP contribution in [0.2, 0.25) is 0 Å². The van der Waals surface area contributed by atoms with Crippen LogP contribution in [0.4, 0.5) is 0 Å². The fourth-order valence-electron chi connectivity index (χ4n) is 3.56. The van der Waals surface area contributed by atoms with E-state index in [1.165, 1.54) is 15.6 Å². The minimum absolute atomic E-state index is 0.138. The molecule has 0 spiro atoms.